The molecule has 1 unspecified atom stereocenters. The number of nitrogens with two attached hydrogens (primary N) is 1. The van der Waals surface area contributed by atoms with Crippen molar-refractivity contribution in [3.8, 4) is 12.3 Å². The molecule has 0 bridgehead atoms. The number of hydrogen-bond acceptors (Lipinski definition) is 2. The second-order valence-corrected chi connectivity index (χ2v) is 2.45. The number of ketones is 1. The highest BCUT2D eigenvalue weighted by Crippen LogP contribution is 2.02. The molecule has 0 amide bonds. The van der Waals surface area contributed by atoms with Gasteiger partial charge in [0.2, 0.25) is 5.78 Å². The smallest absolute Gasteiger partial charge is 0.205 e. The minimum absolute atomic E-state index is 0.125. The van der Waals surface area contributed by atoms with Gasteiger partial charge >= 0.3 is 0 Å². The van der Waals surface area contributed by atoms with Crippen LogP contribution >= 0.6 is 0 Å². The zero-order chi connectivity index (χ0) is 7.98. The predicted octanol–water partition coefficient (Wildman–Crippen LogP) is 0.564. The van der Waals surface area contributed by atoms with Crippen LogP contribution in [-0.4, -0.2) is 12.3 Å². The van der Waals surface area contributed by atoms with Crippen molar-refractivity contribution in [1.82, 2.24) is 0 Å². The van der Waals surface area contributed by atoms with Crippen LogP contribution in [0.4, 0.5) is 0 Å². The summed E-state index contributed by atoms with van der Waals surface area (Å²) in [6, 6.07) is 0. The van der Waals surface area contributed by atoms with Gasteiger partial charge in [0.15, 0.2) is 0 Å². The first kappa shape index (κ1) is 9.19. The fourth-order valence-corrected chi connectivity index (χ4v) is 0.568. The summed E-state index contributed by atoms with van der Waals surface area (Å²) in [6.45, 7) is 2.63. The predicted molar refractivity (Wildman–Crippen MR) is 41.3 cm³/mol. The molecule has 0 heterocycles. The first-order valence-electron chi connectivity index (χ1n) is 3.40. The molecule has 2 heteroatoms. The Labute approximate surface area is 61.8 Å². The topological polar surface area (TPSA) is 43.1 Å². The highest BCUT2D eigenvalue weighted by Gasteiger charge is 2.01. The molecule has 0 fully saturated rings. The fraction of sp³-hybridized carbons (Fsp3) is 0.625. The summed E-state index contributed by atoms with van der Waals surface area (Å²) in [5.41, 5.74) is 5.34. The molecule has 0 radical (unpaired) electrons. The summed E-state index contributed by atoms with van der Waals surface area (Å²) in [4.78, 5) is 10.6. The largest absolute Gasteiger partial charge is 0.330 e. The van der Waals surface area contributed by atoms with E-state index in [0.29, 0.717) is 18.9 Å². The van der Waals surface area contributed by atoms with Gasteiger partial charge < -0.3 is 5.73 Å². The van der Waals surface area contributed by atoms with Crippen molar-refractivity contribution in [3.05, 3.63) is 0 Å². The lowest BCUT2D eigenvalue weighted by Gasteiger charge is -2.03. The molecular formula is C8H13NO. The van der Waals surface area contributed by atoms with Crippen LogP contribution in [0.1, 0.15) is 19.8 Å². The first-order chi connectivity index (χ1) is 4.70. The molecule has 0 saturated carbocycles. The molecule has 0 rings (SSSR count). The van der Waals surface area contributed by atoms with Crippen LogP contribution in [0.2, 0.25) is 0 Å². The first-order valence-corrected chi connectivity index (χ1v) is 3.40. The van der Waals surface area contributed by atoms with E-state index in [1.807, 2.05) is 6.92 Å². The molecule has 1 atom stereocenters. The second-order valence-electron chi connectivity index (χ2n) is 2.45. The number of Topliss-reactive ketones (excluding diaryl/α,β-unsaturated/α-hetero) is 1. The van der Waals surface area contributed by atoms with Gasteiger partial charge in [0, 0.05) is 6.42 Å². The Morgan fingerprint density at radius 2 is 2.40 bits per heavy atom. The number of hydrogen-bond donors (Lipinski definition) is 1. The maximum Gasteiger partial charge on any atom is 0.205 e. The zero-order valence-corrected chi connectivity index (χ0v) is 6.26. The van der Waals surface area contributed by atoms with Crippen LogP contribution in [0.5, 0.6) is 0 Å². The van der Waals surface area contributed by atoms with Crippen molar-refractivity contribution in [3.63, 3.8) is 0 Å². The van der Waals surface area contributed by atoms with Crippen LogP contribution in [0.15, 0.2) is 0 Å². The lowest BCUT2D eigenvalue weighted by Crippen LogP contribution is -2.11. The fourth-order valence-electron chi connectivity index (χ4n) is 0.568. The molecule has 0 aliphatic rings. The van der Waals surface area contributed by atoms with Gasteiger partial charge in [-0.25, -0.2) is 0 Å². The van der Waals surface area contributed by atoms with E-state index >= 15 is 0 Å². The van der Waals surface area contributed by atoms with Crippen LogP contribution in [0.3, 0.4) is 0 Å². The minimum atomic E-state index is -0.125. The molecule has 0 aromatic rings. The Balaban J connectivity index is 3.37. The van der Waals surface area contributed by atoms with Gasteiger partial charge in [0.1, 0.15) is 0 Å². The average molecular weight is 139 g/mol. The summed E-state index contributed by atoms with van der Waals surface area (Å²) in [5.74, 6) is 2.34. The summed E-state index contributed by atoms with van der Waals surface area (Å²) < 4.78 is 0. The Morgan fingerprint density at radius 1 is 1.80 bits per heavy atom. The van der Waals surface area contributed by atoms with E-state index in [4.69, 9.17) is 12.2 Å². The van der Waals surface area contributed by atoms with Crippen molar-refractivity contribution in [2.45, 2.75) is 19.8 Å². The van der Waals surface area contributed by atoms with Crippen LogP contribution in [0.25, 0.3) is 0 Å². The maximum atomic E-state index is 10.6. The van der Waals surface area contributed by atoms with E-state index in [1.165, 1.54) is 0 Å². The SMILES string of the molecule is C#CC(=O)CCC(C)CN. The lowest BCUT2D eigenvalue weighted by atomic mass is 10.0. The number of carbonyl (C=O) groups is 1. The van der Waals surface area contributed by atoms with Gasteiger partial charge in [-0.15, -0.1) is 6.42 Å². The lowest BCUT2D eigenvalue weighted by molar-refractivity contribution is -0.114. The standard InChI is InChI=1S/C8H13NO/c1-3-8(10)5-4-7(2)6-9/h1,7H,4-6,9H2,2H3. The molecule has 0 aliphatic heterocycles. The minimum Gasteiger partial charge on any atom is -0.330 e. The molecule has 0 aliphatic carbocycles. The molecule has 0 saturated heterocycles. The Hall–Kier alpha value is -0.810. The molecule has 10 heavy (non-hydrogen) atoms. The Morgan fingerprint density at radius 3 is 2.80 bits per heavy atom. The average Bonchev–Trinajstić information content (AvgIpc) is 1.99. The van der Waals surface area contributed by atoms with E-state index in [9.17, 15) is 4.79 Å². The van der Waals surface area contributed by atoms with Gasteiger partial charge in [0.05, 0.1) is 0 Å². The number of carbonyl (C=O) groups excluding carboxylic acids is 1. The molecule has 56 valence electrons. The molecule has 2 nitrogen and oxygen atoms in total. The van der Waals surface area contributed by atoms with Gasteiger partial charge in [0.25, 0.3) is 0 Å². The van der Waals surface area contributed by atoms with Gasteiger partial charge in [-0.05, 0) is 24.8 Å². The van der Waals surface area contributed by atoms with Crippen LogP contribution in [0, 0.1) is 18.3 Å². The van der Waals surface area contributed by atoms with Crippen molar-refractivity contribution in [2.75, 3.05) is 6.54 Å². The van der Waals surface area contributed by atoms with Crippen molar-refractivity contribution in [1.29, 1.82) is 0 Å². The van der Waals surface area contributed by atoms with E-state index in [2.05, 4.69) is 5.92 Å². The van der Waals surface area contributed by atoms with E-state index in [-0.39, 0.29) is 5.78 Å². The second kappa shape index (κ2) is 5.01. The van der Waals surface area contributed by atoms with Gasteiger partial charge in [-0.1, -0.05) is 6.92 Å². The third kappa shape index (κ3) is 4.11. The molecule has 2 N–H and O–H groups in total. The number of rotatable bonds is 4. The molecule has 0 aromatic heterocycles. The maximum absolute atomic E-state index is 10.6. The van der Waals surface area contributed by atoms with E-state index < -0.39 is 0 Å². The monoisotopic (exact) mass is 139 g/mol. The van der Waals surface area contributed by atoms with E-state index in [1.54, 1.807) is 0 Å². The van der Waals surface area contributed by atoms with Gasteiger partial charge in [-0.2, -0.15) is 0 Å². The third-order valence-electron chi connectivity index (χ3n) is 1.43. The van der Waals surface area contributed by atoms with Crippen molar-refractivity contribution < 1.29 is 4.79 Å². The molecule has 0 aromatic carbocycles. The highest BCUT2D eigenvalue weighted by atomic mass is 16.1. The summed E-state index contributed by atoms with van der Waals surface area (Å²) >= 11 is 0. The Kier molecular flexibility index (Phi) is 4.61. The van der Waals surface area contributed by atoms with Crippen LogP contribution < -0.4 is 5.73 Å². The number of terminal acetylenes is 1. The van der Waals surface area contributed by atoms with Crippen LogP contribution in [-0.2, 0) is 4.79 Å². The normalized spacial score (nSPS) is 12.1. The Bertz CT molecular complexity index is 146. The quantitative estimate of drug-likeness (QED) is 0.457. The highest BCUT2D eigenvalue weighted by molar-refractivity contribution is 5.94. The van der Waals surface area contributed by atoms with Gasteiger partial charge in [-0.3, -0.25) is 4.79 Å². The van der Waals surface area contributed by atoms with Crippen molar-refractivity contribution in [2.24, 2.45) is 11.7 Å². The summed E-state index contributed by atoms with van der Waals surface area (Å²) in [7, 11) is 0. The van der Waals surface area contributed by atoms with Crippen molar-refractivity contribution >= 4 is 5.78 Å². The third-order valence-corrected chi connectivity index (χ3v) is 1.43. The summed E-state index contributed by atoms with van der Waals surface area (Å²) in [5, 5.41) is 0. The van der Waals surface area contributed by atoms with E-state index in [0.717, 1.165) is 6.42 Å². The summed E-state index contributed by atoms with van der Waals surface area (Å²) in [6.07, 6.45) is 6.14. The molecule has 0 spiro atoms. The zero-order valence-electron chi connectivity index (χ0n) is 6.26. The molecular weight excluding hydrogens is 126 g/mol.